The minimum Gasteiger partial charge on any atom is -0.170 e. The highest BCUT2D eigenvalue weighted by Crippen LogP contribution is 2.41. The zero-order valence-corrected chi connectivity index (χ0v) is 16.0. The van der Waals surface area contributed by atoms with Crippen molar-refractivity contribution < 1.29 is 0 Å². The zero-order valence-electron chi connectivity index (χ0n) is 11.1. The first-order valence-corrected chi connectivity index (χ1v) is 12.5. The molecule has 0 bridgehead atoms. The SMILES string of the molecule is SC(c1cccc(SCC2CSCS2)c1)C1CSCS1. The Morgan fingerprint density at radius 3 is 2.80 bits per heavy atom. The molecule has 0 radical (unpaired) electrons. The summed E-state index contributed by atoms with van der Waals surface area (Å²) in [6, 6.07) is 9.05. The van der Waals surface area contributed by atoms with Gasteiger partial charge in [0.15, 0.2) is 0 Å². The van der Waals surface area contributed by atoms with E-state index in [2.05, 4.69) is 59.6 Å². The van der Waals surface area contributed by atoms with Crippen LogP contribution in [0, 0.1) is 0 Å². The molecule has 3 unspecified atom stereocenters. The molecule has 2 aliphatic heterocycles. The van der Waals surface area contributed by atoms with Crippen LogP contribution in [0.5, 0.6) is 0 Å². The summed E-state index contributed by atoms with van der Waals surface area (Å²) in [4.78, 5) is 1.41. The predicted molar refractivity (Wildman–Crippen MR) is 106 cm³/mol. The third kappa shape index (κ3) is 4.42. The maximum absolute atomic E-state index is 4.87. The predicted octanol–water partition coefficient (Wildman–Crippen LogP) is 5.36. The van der Waals surface area contributed by atoms with Crippen LogP contribution in [0.15, 0.2) is 29.2 Å². The summed E-state index contributed by atoms with van der Waals surface area (Å²) in [6.45, 7) is 0. The van der Waals surface area contributed by atoms with Crippen LogP contribution in [-0.4, -0.2) is 37.9 Å². The van der Waals surface area contributed by atoms with Gasteiger partial charge in [-0.3, -0.25) is 0 Å². The third-order valence-corrected chi connectivity index (χ3v) is 11.3. The molecule has 0 saturated carbocycles. The maximum Gasteiger partial charge on any atom is 0.0396 e. The molecule has 1 aromatic carbocycles. The molecule has 2 fully saturated rings. The van der Waals surface area contributed by atoms with Crippen molar-refractivity contribution in [2.24, 2.45) is 0 Å². The molecular formula is C14H18S6. The Hall–Kier alpha value is 1.32. The summed E-state index contributed by atoms with van der Waals surface area (Å²) in [6.07, 6.45) is 0. The number of thiol groups is 1. The lowest BCUT2D eigenvalue weighted by Crippen LogP contribution is -2.10. The molecule has 0 N–H and O–H groups in total. The molecule has 0 nitrogen and oxygen atoms in total. The van der Waals surface area contributed by atoms with Crippen LogP contribution < -0.4 is 0 Å². The van der Waals surface area contributed by atoms with E-state index in [0.29, 0.717) is 10.5 Å². The summed E-state index contributed by atoms with van der Waals surface area (Å²) < 4.78 is 0. The van der Waals surface area contributed by atoms with Gasteiger partial charge in [-0.05, 0) is 17.7 Å². The lowest BCUT2D eigenvalue weighted by Gasteiger charge is -2.18. The molecule has 0 aromatic heterocycles. The first kappa shape index (κ1) is 16.2. The van der Waals surface area contributed by atoms with Crippen LogP contribution in [-0.2, 0) is 0 Å². The standard InChI is InChI=1S/C14H18S6/c15-14(13-7-17-9-20-13)10-2-1-3-11(4-10)18-6-12-5-16-8-19-12/h1-4,12-15H,5-9H2. The molecular weight excluding hydrogens is 361 g/mol. The van der Waals surface area contributed by atoms with Gasteiger partial charge >= 0.3 is 0 Å². The first-order valence-electron chi connectivity index (χ1n) is 6.62. The zero-order chi connectivity index (χ0) is 13.8. The largest absolute Gasteiger partial charge is 0.170 e. The van der Waals surface area contributed by atoms with Crippen molar-refractivity contribution in [2.45, 2.75) is 20.6 Å². The first-order chi connectivity index (χ1) is 9.83. The summed E-state index contributed by atoms with van der Waals surface area (Å²) in [7, 11) is 0. The van der Waals surface area contributed by atoms with Crippen LogP contribution in [0.2, 0.25) is 0 Å². The fourth-order valence-corrected chi connectivity index (χ4v) is 9.99. The Balaban J connectivity index is 1.59. The maximum atomic E-state index is 4.87. The highest BCUT2D eigenvalue weighted by atomic mass is 32.2. The summed E-state index contributed by atoms with van der Waals surface area (Å²) in [5, 5.41) is 4.40. The minimum atomic E-state index is 0.381. The fourth-order valence-electron chi connectivity index (χ4n) is 2.19. The molecule has 2 saturated heterocycles. The van der Waals surface area contributed by atoms with Gasteiger partial charge in [0, 0.05) is 48.1 Å². The van der Waals surface area contributed by atoms with Crippen LogP contribution in [0.3, 0.4) is 0 Å². The Bertz CT molecular complexity index is 425. The van der Waals surface area contributed by atoms with Gasteiger partial charge in [-0.1, -0.05) is 12.1 Å². The van der Waals surface area contributed by atoms with E-state index in [-0.39, 0.29) is 0 Å². The lowest BCUT2D eigenvalue weighted by molar-refractivity contribution is 0.938. The number of thioether (sulfide) groups is 5. The Kier molecular flexibility index (Phi) is 6.68. The van der Waals surface area contributed by atoms with Gasteiger partial charge in [-0.25, -0.2) is 0 Å². The van der Waals surface area contributed by atoms with Gasteiger partial charge in [0.1, 0.15) is 0 Å². The second-order valence-corrected chi connectivity index (χ2v) is 11.8. The van der Waals surface area contributed by atoms with Crippen molar-refractivity contribution in [3.8, 4) is 0 Å². The fraction of sp³-hybridized carbons (Fsp3) is 0.571. The number of hydrogen-bond donors (Lipinski definition) is 1. The summed E-state index contributed by atoms with van der Waals surface area (Å²) in [5.74, 6) is 3.81. The molecule has 3 atom stereocenters. The molecule has 0 spiro atoms. The van der Waals surface area contributed by atoms with Crippen molar-refractivity contribution in [2.75, 3.05) is 27.4 Å². The molecule has 0 amide bonds. The van der Waals surface area contributed by atoms with Crippen molar-refractivity contribution in [1.82, 2.24) is 0 Å². The van der Waals surface area contributed by atoms with E-state index in [0.717, 1.165) is 5.25 Å². The highest BCUT2D eigenvalue weighted by molar-refractivity contribution is 8.20. The van der Waals surface area contributed by atoms with Crippen molar-refractivity contribution in [1.29, 1.82) is 0 Å². The number of rotatable bonds is 5. The van der Waals surface area contributed by atoms with Gasteiger partial charge < -0.3 is 0 Å². The normalized spacial score (nSPS) is 27.9. The van der Waals surface area contributed by atoms with E-state index < -0.39 is 0 Å². The van der Waals surface area contributed by atoms with E-state index in [1.807, 2.05) is 23.5 Å². The van der Waals surface area contributed by atoms with E-state index in [1.54, 1.807) is 0 Å². The van der Waals surface area contributed by atoms with Crippen molar-refractivity contribution >= 4 is 71.4 Å². The lowest BCUT2D eigenvalue weighted by atomic mass is 10.1. The van der Waals surface area contributed by atoms with Gasteiger partial charge in [-0.15, -0.1) is 58.8 Å². The average molecular weight is 379 g/mol. The second kappa shape index (κ2) is 8.25. The summed E-state index contributed by atoms with van der Waals surface area (Å²) in [5.41, 5.74) is 1.40. The van der Waals surface area contributed by atoms with Crippen LogP contribution in [0.25, 0.3) is 0 Å². The molecule has 6 heteroatoms. The van der Waals surface area contributed by atoms with Gasteiger partial charge in [0.2, 0.25) is 0 Å². The summed E-state index contributed by atoms with van der Waals surface area (Å²) >= 11 is 15.2. The van der Waals surface area contributed by atoms with Gasteiger partial charge in [-0.2, -0.15) is 12.6 Å². The molecule has 3 rings (SSSR count). The van der Waals surface area contributed by atoms with E-state index in [9.17, 15) is 0 Å². The van der Waals surface area contributed by atoms with Crippen molar-refractivity contribution in [3.63, 3.8) is 0 Å². The molecule has 2 aliphatic rings. The molecule has 1 aromatic rings. The monoisotopic (exact) mass is 378 g/mol. The molecule has 110 valence electrons. The van der Waals surface area contributed by atoms with E-state index in [1.165, 1.54) is 37.9 Å². The highest BCUT2D eigenvalue weighted by Gasteiger charge is 2.25. The molecule has 2 heterocycles. The molecule has 0 aliphatic carbocycles. The van der Waals surface area contributed by atoms with Crippen molar-refractivity contribution in [3.05, 3.63) is 29.8 Å². The quantitative estimate of drug-likeness (QED) is 0.539. The molecule has 20 heavy (non-hydrogen) atoms. The van der Waals surface area contributed by atoms with E-state index >= 15 is 0 Å². The minimum absolute atomic E-state index is 0.381. The number of benzene rings is 1. The van der Waals surface area contributed by atoms with Crippen LogP contribution in [0.1, 0.15) is 10.8 Å². The van der Waals surface area contributed by atoms with Crippen LogP contribution >= 0.6 is 71.4 Å². The third-order valence-electron chi connectivity index (χ3n) is 3.33. The van der Waals surface area contributed by atoms with Gasteiger partial charge in [0.25, 0.3) is 0 Å². The topological polar surface area (TPSA) is 0 Å². The van der Waals surface area contributed by atoms with Crippen LogP contribution in [0.4, 0.5) is 0 Å². The Morgan fingerprint density at radius 2 is 2.05 bits per heavy atom. The number of hydrogen-bond acceptors (Lipinski definition) is 6. The van der Waals surface area contributed by atoms with Gasteiger partial charge in [0.05, 0.1) is 0 Å². The second-order valence-electron chi connectivity index (χ2n) is 4.80. The average Bonchev–Trinajstić information content (AvgIpc) is 3.18. The Labute approximate surface area is 148 Å². The Morgan fingerprint density at radius 1 is 1.20 bits per heavy atom. The van der Waals surface area contributed by atoms with E-state index in [4.69, 9.17) is 12.6 Å². The smallest absolute Gasteiger partial charge is 0.0396 e.